The Morgan fingerprint density at radius 1 is 1.09 bits per heavy atom. The molecular formula is CBrClO6P2-4. The molecule has 0 rings (SSSR count). The van der Waals surface area contributed by atoms with Gasteiger partial charge < -0.3 is 28.7 Å². The number of alkyl halides is 2. The van der Waals surface area contributed by atoms with Gasteiger partial charge in [0.25, 0.3) is 0 Å². The van der Waals surface area contributed by atoms with Crippen molar-refractivity contribution < 1.29 is 28.7 Å². The van der Waals surface area contributed by atoms with Gasteiger partial charge >= 0.3 is 0 Å². The van der Waals surface area contributed by atoms with Crippen molar-refractivity contribution in [3.05, 3.63) is 0 Å². The van der Waals surface area contributed by atoms with Crippen molar-refractivity contribution in [2.45, 2.75) is 3.27 Å². The number of hydrogen-bond donors (Lipinski definition) is 0. The maximum Gasteiger partial charge on any atom is 0.151 e. The van der Waals surface area contributed by atoms with E-state index in [2.05, 4.69) is 11.6 Å². The van der Waals surface area contributed by atoms with Gasteiger partial charge in [-0.05, 0) is 15.2 Å². The van der Waals surface area contributed by atoms with E-state index < -0.39 is 18.5 Å². The van der Waals surface area contributed by atoms with Gasteiger partial charge in [0.1, 0.15) is 0 Å². The zero-order valence-corrected chi connectivity index (χ0v) is 8.73. The Hall–Kier alpha value is 1.07. The molecule has 6 nitrogen and oxygen atoms in total. The zero-order chi connectivity index (χ0) is 9.50. The summed E-state index contributed by atoms with van der Waals surface area (Å²) in [6.07, 6.45) is 0. The fraction of sp³-hybridized carbons (Fsp3) is 1.00. The second kappa shape index (κ2) is 3.09. The molecule has 0 fully saturated rings. The van der Waals surface area contributed by atoms with Crippen LogP contribution in [0.15, 0.2) is 0 Å². The van der Waals surface area contributed by atoms with Gasteiger partial charge in [0.05, 0.1) is 0 Å². The van der Waals surface area contributed by atoms with Crippen molar-refractivity contribution in [2.24, 2.45) is 0 Å². The Balaban J connectivity index is 5.08. The molecule has 0 aromatic rings. The van der Waals surface area contributed by atoms with Crippen LogP contribution in [0.25, 0.3) is 0 Å². The largest absolute Gasteiger partial charge is 0.809 e. The van der Waals surface area contributed by atoms with Gasteiger partial charge in [0, 0.05) is 0 Å². The van der Waals surface area contributed by atoms with E-state index in [1.165, 1.54) is 0 Å². The highest BCUT2D eigenvalue weighted by Gasteiger charge is 2.32. The molecule has 0 spiro atoms. The lowest BCUT2D eigenvalue weighted by atomic mass is 11.8. The molecular weight excluding hydrogens is 285 g/mol. The average Bonchev–Trinajstić information content (AvgIpc) is 1.58. The van der Waals surface area contributed by atoms with E-state index >= 15 is 0 Å². The van der Waals surface area contributed by atoms with Crippen molar-refractivity contribution >= 4 is 42.7 Å². The van der Waals surface area contributed by atoms with Crippen LogP contribution in [-0.2, 0) is 9.13 Å². The summed E-state index contributed by atoms with van der Waals surface area (Å²) in [4.78, 5) is 40.1. The van der Waals surface area contributed by atoms with Gasteiger partial charge in [0.2, 0.25) is 0 Å². The fourth-order valence-electron chi connectivity index (χ4n) is 0.150. The van der Waals surface area contributed by atoms with Gasteiger partial charge in [-0.25, -0.2) is 0 Å². The molecule has 0 aliphatic heterocycles. The number of hydrogen-bond acceptors (Lipinski definition) is 6. The van der Waals surface area contributed by atoms with Gasteiger partial charge in [-0.2, -0.15) is 0 Å². The summed E-state index contributed by atoms with van der Waals surface area (Å²) in [7, 11) is -11.4. The molecule has 0 amide bonds. The first-order valence-electron chi connectivity index (χ1n) is 1.92. The smallest absolute Gasteiger partial charge is 0.151 e. The van der Waals surface area contributed by atoms with Crippen molar-refractivity contribution in [3.8, 4) is 0 Å². The Labute approximate surface area is 75.0 Å². The topological polar surface area (TPSA) is 126 Å². The van der Waals surface area contributed by atoms with Crippen LogP contribution in [0.4, 0.5) is 0 Å². The Bertz CT molecular complexity index is 213. The summed E-state index contributed by atoms with van der Waals surface area (Å²) >= 11 is 6.44. The normalized spacial score (nSPS) is 15.1. The summed E-state index contributed by atoms with van der Waals surface area (Å²) in [5.41, 5.74) is 0. The maximum atomic E-state index is 10.0. The summed E-state index contributed by atoms with van der Waals surface area (Å²) < 4.78 is 16.6. The average molecular weight is 285 g/mol. The van der Waals surface area contributed by atoms with E-state index in [1.807, 2.05) is 15.9 Å². The monoisotopic (exact) mass is 284 g/mol. The van der Waals surface area contributed by atoms with E-state index in [0.717, 1.165) is 0 Å². The van der Waals surface area contributed by atoms with Crippen LogP contribution < -0.4 is 19.6 Å². The molecule has 0 bridgehead atoms. The van der Waals surface area contributed by atoms with Gasteiger partial charge in [-0.3, -0.25) is 0 Å². The van der Waals surface area contributed by atoms with Crippen LogP contribution in [0.5, 0.6) is 0 Å². The van der Waals surface area contributed by atoms with Crippen LogP contribution in [0, 0.1) is 0 Å². The predicted molar refractivity (Wildman–Crippen MR) is 32.7 cm³/mol. The number of rotatable bonds is 2. The second-order valence-electron chi connectivity index (χ2n) is 1.50. The van der Waals surface area contributed by atoms with E-state index in [1.54, 1.807) is 0 Å². The minimum Gasteiger partial charge on any atom is -0.809 e. The molecule has 0 unspecified atom stereocenters. The highest BCUT2D eigenvalue weighted by atomic mass is 79.9. The summed E-state index contributed by atoms with van der Waals surface area (Å²) in [6, 6.07) is 0. The Morgan fingerprint density at radius 3 is 1.27 bits per heavy atom. The van der Waals surface area contributed by atoms with Crippen molar-refractivity contribution in [2.75, 3.05) is 0 Å². The summed E-state index contributed by atoms with van der Waals surface area (Å²) in [6.45, 7) is 0. The van der Waals surface area contributed by atoms with Crippen LogP contribution >= 0.6 is 42.7 Å². The molecule has 0 saturated carbocycles. The maximum absolute atomic E-state index is 10.0. The van der Waals surface area contributed by atoms with Gasteiger partial charge in [-0.15, -0.1) is 0 Å². The third-order valence-electron chi connectivity index (χ3n) is 0.659. The Morgan fingerprint density at radius 2 is 1.27 bits per heavy atom. The van der Waals surface area contributed by atoms with E-state index in [-0.39, 0.29) is 0 Å². The summed E-state index contributed by atoms with van der Waals surface area (Å²) in [5, 5.41) is 0. The lowest BCUT2D eigenvalue weighted by molar-refractivity contribution is -0.328. The molecule has 0 atom stereocenters. The molecule has 0 saturated heterocycles. The zero-order valence-electron chi connectivity index (χ0n) is 4.60. The highest BCUT2D eigenvalue weighted by Crippen LogP contribution is 2.67. The fourth-order valence-corrected chi connectivity index (χ4v) is 1.35. The minimum absolute atomic E-state index is 1.81. The van der Waals surface area contributed by atoms with Crippen LogP contribution in [0.3, 0.4) is 0 Å². The molecule has 0 aromatic carbocycles. The van der Waals surface area contributed by atoms with E-state index in [4.69, 9.17) is 0 Å². The van der Waals surface area contributed by atoms with Crippen molar-refractivity contribution in [1.82, 2.24) is 0 Å². The standard InChI is InChI=1S/CH4BrClO6P2/c2-1(3,10(4,5)6)11(7,8)9/h(H2,4,5,6)(H2,7,8,9)/p-4. The lowest BCUT2D eigenvalue weighted by Gasteiger charge is -2.51. The molecule has 0 N–H and O–H groups in total. The third kappa shape index (κ3) is 2.50. The van der Waals surface area contributed by atoms with E-state index in [0.29, 0.717) is 0 Å². The van der Waals surface area contributed by atoms with Crippen LogP contribution in [0.1, 0.15) is 0 Å². The molecule has 11 heavy (non-hydrogen) atoms. The third-order valence-corrected chi connectivity index (χ3v) is 7.29. The van der Waals surface area contributed by atoms with Gasteiger partial charge in [-0.1, -0.05) is 27.5 Å². The molecule has 68 valence electrons. The predicted octanol–water partition coefficient (Wildman–Crippen LogP) is -1.94. The molecule has 0 radical (unpaired) electrons. The van der Waals surface area contributed by atoms with E-state index in [9.17, 15) is 28.7 Å². The molecule has 0 heterocycles. The molecule has 10 heteroatoms. The lowest BCUT2D eigenvalue weighted by Crippen LogP contribution is -2.37. The first-order chi connectivity index (χ1) is 4.50. The van der Waals surface area contributed by atoms with Crippen molar-refractivity contribution in [1.29, 1.82) is 0 Å². The Kier molecular flexibility index (Phi) is 3.39. The number of halogens is 2. The van der Waals surface area contributed by atoms with Crippen molar-refractivity contribution in [3.63, 3.8) is 0 Å². The SMILES string of the molecule is O=P([O-])([O-])C(Cl)(Br)P(=O)([O-])[O-]. The molecule has 0 aliphatic carbocycles. The first-order valence-corrected chi connectivity index (χ1v) is 6.18. The minimum atomic E-state index is -5.70. The summed E-state index contributed by atoms with van der Waals surface area (Å²) in [5.74, 6) is 0. The first kappa shape index (κ1) is 12.1. The highest BCUT2D eigenvalue weighted by molar-refractivity contribution is 9.13. The van der Waals surface area contributed by atoms with Gasteiger partial charge in [0.15, 0.2) is 3.27 Å². The quantitative estimate of drug-likeness (QED) is 0.429. The molecule has 0 aromatic heterocycles. The van der Waals surface area contributed by atoms with Crippen LogP contribution in [-0.4, -0.2) is 3.27 Å². The van der Waals surface area contributed by atoms with Crippen LogP contribution in [0.2, 0.25) is 0 Å². The molecule has 0 aliphatic rings. The second-order valence-corrected chi connectivity index (χ2v) is 9.15.